The van der Waals surface area contributed by atoms with Crippen molar-refractivity contribution < 1.29 is 4.79 Å². The lowest BCUT2D eigenvalue weighted by atomic mass is 10.3. The Kier molecular flexibility index (Phi) is 4.40. The number of carbonyl (C=O) groups excluding carboxylic acids is 1. The van der Waals surface area contributed by atoms with Crippen LogP contribution in [0.1, 0.15) is 6.42 Å². The second-order valence-corrected chi connectivity index (χ2v) is 4.33. The van der Waals surface area contributed by atoms with Gasteiger partial charge in [0.05, 0.1) is 16.8 Å². The Hall–Kier alpha value is -0.760. The van der Waals surface area contributed by atoms with E-state index in [1.807, 2.05) is 0 Å². The van der Waals surface area contributed by atoms with Gasteiger partial charge in [0.25, 0.3) is 0 Å². The molecule has 0 saturated heterocycles. The minimum atomic E-state index is -0.414. The number of nitrogens with zero attached hydrogens (tertiary/aromatic N) is 1. The van der Waals surface area contributed by atoms with Gasteiger partial charge >= 0.3 is 0 Å². The summed E-state index contributed by atoms with van der Waals surface area (Å²) in [7, 11) is 0. The quantitative estimate of drug-likeness (QED) is 0.907. The molecule has 0 aliphatic rings. The first-order valence-corrected chi connectivity index (χ1v) is 5.41. The maximum absolute atomic E-state index is 11.2. The molecule has 1 amide bonds. The molecule has 6 heteroatoms. The van der Waals surface area contributed by atoms with Crippen molar-refractivity contribution in [2.45, 2.75) is 6.42 Å². The Labute approximate surface area is 105 Å². The van der Waals surface area contributed by atoms with E-state index < -0.39 is 5.91 Å². The maximum Gasteiger partial charge on any atom is 0.238 e. The molecular formula is C9H5BrCl2N2O. The van der Waals surface area contributed by atoms with Crippen LogP contribution in [-0.4, -0.2) is 5.91 Å². The summed E-state index contributed by atoms with van der Waals surface area (Å²) in [5.41, 5.74) is 0.418. The highest BCUT2D eigenvalue weighted by Gasteiger charge is 2.10. The van der Waals surface area contributed by atoms with Crippen LogP contribution in [0.25, 0.3) is 0 Å². The molecule has 0 spiro atoms. The summed E-state index contributed by atoms with van der Waals surface area (Å²) in [5.74, 6) is -0.414. The van der Waals surface area contributed by atoms with E-state index in [9.17, 15) is 4.79 Å². The molecule has 0 heterocycles. The normalized spacial score (nSPS) is 9.47. The van der Waals surface area contributed by atoms with Crippen LogP contribution in [-0.2, 0) is 4.79 Å². The summed E-state index contributed by atoms with van der Waals surface area (Å²) < 4.78 is 0.575. The number of rotatable bonds is 2. The predicted octanol–water partition coefficient (Wildman–Crippen LogP) is 3.61. The molecule has 1 N–H and O–H groups in total. The average Bonchev–Trinajstić information content (AvgIpc) is 2.11. The molecule has 0 aliphatic heterocycles. The van der Waals surface area contributed by atoms with Crippen molar-refractivity contribution in [3.8, 4) is 6.07 Å². The number of amides is 1. The summed E-state index contributed by atoms with van der Waals surface area (Å²) in [6, 6.07) is 4.86. The second-order valence-electron chi connectivity index (χ2n) is 2.63. The lowest BCUT2D eigenvalue weighted by molar-refractivity contribution is -0.115. The van der Waals surface area contributed by atoms with Crippen molar-refractivity contribution in [2.24, 2.45) is 0 Å². The molecule has 0 bridgehead atoms. The molecule has 0 aromatic heterocycles. The van der Waals surface area contributed by atoms with Crippen molar-refractivity contribution in [3.05, 3.63) is 26.7 Å². The summed E-state index contributed by atoms with van der Waals surface area (Å²) in [6.07, 6.45) is -0.217. The number of halogens is 3. The second kappa shape index (κ2) is 5.36. The monoisotopic (exact) mass is 306 g/mol. The highest BCUT2D eigenvalue weighted by Crippen LogP contribution is 2.33. The molecule has 0 aliphatic carbocycles. The SMILES string of the molecule is N#CCC(=O)Nc1c(Cl)cc(Cl)cc1Br. The smallest absolute Gasteiger partial charge is 0.238 e. The van der Waals surface area contributed by atoms with E-state index >= 15 is 0 Å². The minimum absolute atomic E-state index is 0.217. The Bertz CT molecular complexity index is 419. The summed E-state index contributed by atoms with van der Waals surface area (Å²) in [6.45, 7) is 0. The van der Waals surface area contributed by atoms with Gasteiger partial charge in [-0.25, -0.2) is 0 Å². The van der Waals surface area contributed by atoms with Gasteiger partial charge in [0.15, 0.2) is 0 Å². The van der Waals surface area contributed by atoms with E-state index in [2.05, 4.69) is 21.2 Å². The van der Waals surface area contributed by atoms with Gasteiger partial charge in [-0.05, 0) is 28.1 Å². The predicted molar refractivity (Wildman–Crippen MR) is 63.0 cm³/mol. The average molecular weight is 308 g/mol. The van der Waals surface area contributed by atoms with Crippen molar-refractivity contribution in [3.63, 3.8) is 0 Å². The topological polar surface area (TPSA) is 52.9 Å². The van der Waals surface area contributed by atoms with Gasteiger partial charge in [-0.1, -0.05) is 23.2 Å². The number of hydrogen-bond acceptors (Lipinski definition) is 2. The fourth-order valence-electron chi connectivity index (χ4n) is 0.917. The van der Waals surface area contributed by atoms with Gasteiger partial charge in [0, 0.05) is 9.50 Å². The van der Waals surface area contributed by atoms with Crippen LogP contribution in [0.3, 0.4) is 0 Å². The Morgan fingerprint density at radius 1 is 1.53 bits per heavy atom. The zero-order valence-corrected chi connectivity index (χ0v) is 10.4. The van der Waals surface area contributed by atoms with Crippen LogP contribution in [0, 0.1) is 11.3 Å². The molecule has 1 aromatic carbocycles. The van der Waals surface area contributed by atoms with E-state index in [-0.39, 0.29) is 6.42 Å². The number of hydrogen-bond donors (Lipinski definition) is 1. The molecule has 1 rings (SSSR count). The Morgan fingerprint density at radius 3 is 2.73 bits per heavy atom. The summed E-state index contributed by atoms with van der Waals surface area (Å²) in [5, 5.41) is 11.6. The molecule has 0 radical (unpaired) electrons. The highest BCUT2D eigenvalue weighted by molar-refractivity contribution is 9.10. The molecule has 15 heavy (non-hydrogen) atoms. The van der Waals surface area contributed by atoms with Crippen molar-refractivity contribution in [1.29, 1.82) is 5.26 Å². The van der Waals surface area contributed by atoms with E-state index in [0.717, 1.165) is 0 Å². The van der Waals surface area contributed by atoms with Gasteiger partial charge < -0.3 is 5.32 Å². The first-order valence-electron chi connectivity index (χ1n) is 3.86. The van der Waals surface area contributed by atoms with Crippen LogP contribution in [0.5, 0.6) is 0 Å². The number of anilines is 1. The number of benzene rings is 1. The van der Waals surface area contributed by atoms with Crippen LogP contribution in [0.15, 0.2) is 16.6 Å². The molecule has 78 valence electrons. The standard InChI is InChI=1S/C9H5BrCl2N2O/c10-6-3-5(11)4-7(12)9(6)14-8(15)1-2-13/h3-4H,1H2,(H,14,15). The third-order valence-electron chi connectivity index (χ3n) is 1.51. The molecule has 0 saturated carbocycles. The van der Waals surface area contributed by atoms with Crippen molar-refractivity contribution in [2.75, 3.05) is 5.32 Å². The zero-order chi connectivity index (χ0) is 11.4. The Balaban J connectivity index is 2.96. The molecular weight excluding hydrogens is 303 g/mol. The molecule has 0 unspecified atom stereocenters. The van der Waals surface area contributed by atoms with Crippen molar-refractivity contribution in [1.82, 2.24) is 0 Å². The number of nitriles is 1. The van der Waals surface area contributed by atoms with E-state index in [4.69, 9.17) is 28.5 Å². The molecule has 0 fully saturated rings. The van der Waals surface area contributed by atoms with Gasteiger partial charge in [0.2, 0.25) is 5.91 Å². The third kappa shape index (κ3) is 3.38. The van der Waals surface area contributed by atoms with Gasteiger partial charge in [-0.2, -0.15) is 5.26 Å². The van der Waals surface area contributed by atoms with Gasteiger partial charge in [0.1, 0.15) is 6.42 Å². The minimum Gasteiger partial charge on any atom is -0.323 e. The Morgan fingerprint density at radius 2 is 2.20 bits per heavy atom. The zero-order valence-electron chi connectivity index (χ0n) is 7.35. The fourth-order valence-corrected chi connectivity index (χ4v) is 2.26. The number of nitrogens with one attached hydrogen (secondary N) is 1. The third-order valence-corrected chi connectivity index (χ3v) is 2.65. The number of carbonyl (C=O) groups is 1. The lowest BCUT2D eigenvalue weighted by Crippen LogP contribution is -2.10. The van der Waals surface area contributed by atoms with E-state index in [1.54, 1.807) is 12.1 Å². The van der Waals surface area contributed by atoms with Gasteiger partial charge in [-0.15, -0.1) is 0 Å². The molecule has 3 nitrogen and oxygen atoms in total. The van der Waals surface area contributed by atoms with Crippen LogP contribution in [0.4, 0.5) is 5.69 Å². The molecule has 0 atom stereocenters. The van der Waals surface area contributed by atoms with Crippen LogP contribution < -0.4 is 5.32 Å². The van der Waals surface area contributed by atoms with Crippen molar-refractivity contribution >= 4 is 50.7 Å². The maximum atomic E-state index is 11.2. The van der Waals surface area contributed by atoms with E-state index in [1.165, 1.54) is 6.07 Å². The largest absolute Gasteiger partial charge is 0.323 e. The summed E-state index contributed by atoms with van der Waals surface area (Å²) >= 11 is 14.8. The van der Waals surface area contributed by atoms with E-state index in [0.29, 0.717) is 20.2 Å². The fraction of sp³-hybridized carbons (Fsp3) is 0.111. The first kappa shape index (κ1) is 12.3. The van der Waals surface area contributed by atoms with Crippen LogP contribution >= 0.6 is 39.1 Å². The van der Waals surface area contributed by atoms with Crippen LogP contribution in [0.2, 0.25) is 10.0 Å². The van der Waals surface area contributed by atoms with Gasteiger partial charge in [-0.3, -0.25) is 4.79 Å². The lowest BCUT2D eigenvalue weighted by Gasteiger charge is -2.08. The summed E-state index contributed by atoms with van der Waals surface area (Å²) in [4.78, 5) is 11.2. The molecule has 1 aromatic rings. The highest BCUT2D eigenvalue weighted by atomic mass is 79.9. The first-order chi connectivity index (χ1) is 7.04.